The van der Waals surface area contributed by atoms with E-state index < -0.39 is 5.97 Å². The van der Waals surface area contributed by atoms with Crippen LogP contribution in [0.15, 0.2) is 10.6 Å². The summed E-state index contributed by atoms with van der Waals surface area (Å²) in [6.45, 7) is 2.49. The Morgan fingerprint density at radius 3 is 2.83 bits per heavy atom. The molecule has 2 amide bonds. The first kappa shape index (κ1) is 14.0. The molecule has 0 unspecified atom stereocenters. The van der Waals surface area contributed by atoms with Gasteiger partial charge in [-0.3, -0.25) is 4.79 Å². The maximum absolute atomic E-state index is 11.3. The van der Waals surface area contributed by atoms with Gasteiger partial charge in [0.1, 0.15) is 5.76 Å². The Morgan fingerprint density at radius 2 is 2.22 bits per heavy atom. The lowest BCUT2D eigenvalue weighted by molar-refractivity contribution is -0.137. The highest BCUT2D eigenvalue weighted by Crippen LogP contribution is 2.03. The van der Waals surface area contributed by atoms with Crippen molar-refractivity contribution in [1.82, 2.24) is 15.6 Å². The van der Waals surface area contributed by atoms with Gasteiger partial charge < -0.3 is 20.2 Å². The molecule has 1 heterocycles. The van der Waals surface area contributed by atoms with Gasteiger partial charge in [-0.05, 0) is 6.42 Å². The number of aryl methyl sites for hydroxylation is 1. The Morgan fingerprint density at radius 1 is 1.44 bits per heavy atom. The lowest BCUT2D eigenvalue weighted by atomic mass is 10.3. The second kappa shape index (κ2) is 7.31. The minimum Gasteiger partial charge on any atom is -0.481 e. The van der Waals surface area contributed by atoms with Crippen LogP contribution >= 0.6 is 0 Å². The van der Waals surface area contributed by atoms with E-state index in [1.165, 1.54) is 0 Å². The van der Waals surface area contributed by atoms with Crippen molar-refractivity contribution in [3.05, 3.63) is 17.8 Å². The van der Waals surface area contributed by atoms with Crippen LogP contribution in [0.4, 0.5) is 4.79 Å². The number of aromatic nitrogens is 1. The maximum atomic E-state index is 11.3. The maximum Gasteiger partial charge on any atom is 0.315 e. The third kappa shape index (κ3) is 5.33. The Kier molecular flexibility index (Phi) is 5.69. The number of nitrogens with one attached hydrogen (secondary N) is 2. The number of oxazole rings is 1. The topological polar surface area (TPSA) is 104 Å². The van der Waals surface area contributed by atoms with Crippen molar-refractivity contribution in [3.8, 4) is 0 Å². The molecule has 0 aromatic carbocycles. The number of aliphatic carboxylic acids is 1. The molecule has 0 bridgehead atoms. The smallest absolute Gasteiger partial charge is 0.315 e. The van der Waals surface area contributed by atoms with Gasteiger partial charge in [0.15, 0.2) is 0 Å². The molecule has 100 valence electrons. The van der Waals surface area contributed by atoms with E-state index in [2.05, 4.69) is 15.6 Å². The Labute approximate surface area is 105 Å². The number of nitrogens with zero attached hydrogens (tertiary/aromatic N) is 1. The molecule has 3 N–H and O–H groups in total. The molecule has 0 aliphatic carbocycles. The van der Waals surface area contributed by atoms with E-state index in [9.17, 15) is 9.59 Å². The fraction of sp³-hybridized carbons (Fsp3) is 0.545. The van der Waals surface area contributed by atoms with Crippen LogP contribution in [0.1, 0.15) is 31.4 Å². The average molecular weight is 255 g/mol. The highest BCUT2D eigenvalue weighted by Gasteiger charge is 2.05. The Bertz CT molecular complexity index is 403. The fourth-order valence-electron chi connectivity index (χ4n) is 1.25. The molecule has 0 saturated heterocycles. The molecule has 0 spiro atoms. The second-order valence-corrected chi connectivity index (χ2v) is 3.68. The number of carbonyl (C=O) groups excluding carboxylic acids is 1. The van der Waals surface area contributed by atoms with Gasteiger partial charge in [0.25, 0.3) is 0 Å². The molecule has 0 saturated carbocycles. The summed E-state index contributed by atoms with van der Waals surface area (Å²) in [5.74, 6) is 0.352. The molecule has 0 fully saturated rings. The number of hydrogen-bond donors (Lipinski definition) is 3. The molecule has 0 aliphatic rings. The number of carbonyl (C=O) groups is 2. The summed E-state index contributed by atoms with van der Waals surface area (Å²) >= 11 is 0. The third-order valence-corrected chi connectivity index (χ3v) is 2.20. The summed E-state index contributed by atoms with van der Waals surface area (Å²) in [5, 5.41) is 13.5. The van der Waals surface area contributed by atoms with Crippen LogP contribution in [-0.4, -0.2) is 28.6 Å². The van der Waals surface area contributed by atoms with Gasteiger partial charge in [-0.15, -0.1) is 0 Å². The minimum absolute atomic E-state index is 0.0415. The largest absolute Gasteiger partial charge is 0.481 e. The number of hydrogen-bond acceptors (Lipinski definition) is 4. The van der Waals surface area contributed by atoms with Gasteiger partial charge in [0, 0.05) is 19.4 Å². The molecule has 0 atom stereocenters. The first-order valence-electron chi connectivity index (χ1n) is 5.79. The summed E-state index contributed by atoms with van der Waals surface area (Å²) in [5.41, 5.74) is 0. The van der Waals surface area contributed by atoms with Crippen LogP contribution in [0, 0.1) is 0 Å². The zero-order valence-electron chi connectivity index (χ0n) is 10.2. The fourth-order valence-corrected chi connectivity index (χ4v) is 1.25. The van der Waals surface area contributed by atoms with Crippen LogP contribution in [-0.2, 0) is 17.8 Å². The Hall–Kier alpha value is -2.05. The monoisotopic (exact) mass is 255 g/mol. The molecule has 7 nitrogen and oxygen atoms in total. The van der Waals surface area contributed by atoms with Crippen molar-refractivity contribution in [2.75, 3.05) is 6.54 Å². The third-order valence-electron chi connectivity index (χ3n) is 2.20. The number of carboxylic acids is 1. The van der Waals surface area contributed by atoms with Gasteiger partial charge in [-0.25, -0.2) is 9.78 Å². The van der Waals surface area contributed by atoms with E-state index in [4.69, 9.17) is 9.52 Å². The number of urea groups is 1. The highest BCUT2D eigenvalue weighted by atomic mass is 16.4. The molecule has 0 radical (unpaired) electrons. The normalized spacial score (nSPS) is 10.1. The molecule has 1 aromatic rings. The van der Waals surface area contributed by atoms with Crippen molar-refractivity contribution < 1.29 is 19.1 Å². The molecule has 1 aromatic heterocycles. The first-order valence-corrected chi connectivity index (χ1v) is 5.79. The highest BCUT2D eigenvalue weighted by molar-refractivity contribution is 5.73. The average Bonchev–Trinajstić information content (AvgIpc) is 2.80. The number of rotatable bonds is 7. The molecule has 7 heteroatoms. The standard InChI is InChI=1S/C11H17N3O4/c1-2-8-6-13-9(18-8)7-14-11(17)12-5-3-4-10(15)16/h6H,2-5,7H2,1H3,(H,15,16)(H2,12,14,17). The van der Waals surface area contributed by atoms with Crippen LogP contribution in [0.3, 0.4) is 0 Å². The molecule has 0 aliphatic heterocycles. The van der Waals surface area contributed by atoms with E-state index in [1.54, 1.807) is 6.20 Å². The SMILES string of the molecule is CCc1cnc(CNC(=O)NCCCC(=O)O)o1. The van der Waals surface area contributed by atoms with Crippen LogP contribution in [0.5, 0.6) is 0 Å². The van der Waals surface area contributed by atoms with Gasteiger partial charge in [0.2, 0.25) is 5.89 Å². The van der Waals surface area contributed by atoms with Gasteiger partial charge in [0.05, 0.1) is 12.7 Å². The summed E-state index contributed by atoms with van der Waals surface area (Å²) in [6, 6.07) is -0.364. The van der Waals surface area contributed by atoms with Gasteiger partial charge >= 0.3 is 12.0 Å². The van der Waals surface area contributed by atoms with Crippen molar-refractivity contribution in [3.63, 3.8) is 0 Å². The predicted molar refractivity (Wildman–Crippen MR) is 63.0 cm³/mol. The Balaban J connectivity index is 2.14. The van der Waals surface area contributed by atoms with Crippen molar-refractivity contribution >= 4 is 12.0 Å². The van der Waals surface area contributed by atoms with Gasteiger partial charge in [-0.1, -0.05) is 6.92 Å². The van der Waals surface area contributed by atoms with Gasteiger partial charge in [-0.2, -0.15) is 0 Å². The van der Waals surface area contributed by atoms with Crippen LogP contribution < -0.4 is 10.6 Å². The van der Waals surface area contributed by atoms with Crippen LogP contribution in [0.25, 0.3) is 0 Å². The first-order chi connectivity index (χ1) is 8.61. The zero-order chi connectivity index (χ0) is 13.4. The van der Waals surface area contributed by atoms with E-state index in [1.807, 2.05) is 6.92 Å². The van der Waals surface area contributed by atoms with E-state index in [0.29, 0.717) is 18.9 Å². The summed E-state index contributed by atoms with van der Waals surface area (Å²) < 4.78 is 5.31. The minimum atomic E-state index is -0.871. The number of amides is 2. The van der Waals surface area contributed by atoms with E-state index >= 15 is 0 Å². The summed E-state index contributed by atoms with van der Waals surface area (Å²) in [6.07, 6.45) is 2.83. The quantitative estimate of drug-likeness (QED) is 0.628. The summed E-state index contributed by atoms with van der Waals surface area (Å²) in [7, 11) is 0. The van der Waals surface area contributed by atoms with E-state index in [0.717, 1.165) is 12.2 Å². The molecular weight excluding hydrogens is 238 g/mol. The second-order valence-electron chi connectivity index (χ2n) is 3.68. The van der Waals surface area contributed by atoms with Crippen molar-refractivity contribution in [1.29, 1.82) is 0 Å². The predicted octanol–water partition coefficient (Wildman–Crippen LogP) is 0.901. The zero-order valence-corrected chi connectivity index (χ0v) is 10.2. The summed E-state index contributed by atoms with van der Waals surface area (Å²) in [4.78, 5) is 25.5. The number of carboxylic acid groups (broad SMARTS) is 1. The van der Waals surface area contributed by atoms with E-state index in [-0.39, 0.29) is 19.0 Å². The van der Waals surface area contributed by atoms with Crippen molar-refractivity contribution in [2.24, 2.45) is 0 Å². The molecular formula is C11H17N3O4. The molecule has 1 rings (SSSR count). The lowest BCUT2D eigenvalue weighted by Gasteiger charge is -2.04. The lowest BCUT2D eigenvalue weighted by Crippen LogP contribution is -2.35. The van der Waals surface area contributed by atoms with Crippen LogP contribution in [0.2, 0.25) is 0 Å². The molecule has 18 heavy (non-hydrogen) atoms. The van der Waals surface area contributed by atoms with Crippen molar-refractivity contribution in [2.45, 2.75) is 32.7 Å².